The van der Waals surface area contributed by atoms with Gasteiger partial charge in [0.1, 0.15) is 0 Å². The van der Waals surface area contributed by atoms with Crippen molar-refractivity contribution in [2.75, 3.05) is 0 Å². The molecular weight excluding hydrogens is 446 g/mol. The van der Waals surface area contributed by atoms with Crippen LogP contribution in [0, 0.1) is 0 Å². The molecular formula is HI3NV-. The number of hydrogen-bond donors (Lipinski definition) is 0. The third kappa shape index (κ3) is 20.2. The Labute approximate surface area is 76.0 Å². The second-order valence-electron chi connectivity index (χ2n) is 0.0639. The molecule has 0 aromatic carbocycles. The molecule has 0 aromatic rings. The monoisotopic (exact) mass is 449 g/mol. The Bertz CT molecular complexity index is 12.8. The van der Waals surface area contributed by atoms with Crippen molar-refractivity contribution in [2.45, 2.75) is 0 Å². The molecule has 1 nitrogen and oxygen atoms in total. The van der Waals surface area contributed by atoms with Crippen LogP contribution in [0.1, 0.15) is 0 Å². The van der Waals surface area contributed by atoms with Gasteiger partial charge in [-0.1, -0.05) is 0 Å². The first-order valence-electron chi connectivity index (χ1n) is 0.954. The van der Waals surface area contributed by atoms with E-state index in [4.69, 9.17) is 1.41 Å². The molecule has 0 bridgehead atoms. The molecule has 0 atom stereocenters. The minimum atomic E-state index is 0.628. The summed E-state index contributed by atoms with van der Waals surface area (Å²) in [6.45, 7) is 0. The molecule has 0 saturated carbocycles. The van der Waals surface area contributed by atoms with Gasteiger partial charge in [0.05, 0.1) is 0 Å². The normalized spacial score (nSPS) is 6.60. The SMILES string of the molecule is [3H][N-]I.[I][V][I]. The summed E-state index contributed by atoms with van der Waals surface area (Å²) in [7, 11) is 0.628. The Morgan fingerprint density at radius 2 is 1.80 bits per heavy atom. The average Bonchev–Trinajstić information content (AvgIpc) is 1.39. The van der Waals surface area contributed by atoms with Crippen molar-refractivity contribution >= 4 is 62.8 Å². The molecule has 0 amide bonds. The summed E-state index contributed by atoms with van der Waals surface area (Å²) < 4.78 is 8.54. The van der Waals surface area contributed by atoms with E-state index in [-0.39, 0.29) is 0 Å². The first kappa shape index (κ1) is 7.73. The van der Waals surface area contributed by atoms with Crippen molar-refractivity contribution in [2.24, 2.45) is 0 Å². The standard InChI is InChI=1S/HIN.2HI.V/c1-2;;;/h2H;2*1H;/q-1;;;+2/p-2/i/hT. The topological polar surface area (TPSA) is 23.8 Å². The van der Waals surface area contributed by atoms with Gasteiger partial charge in [-0.3, -0.25) is 0 Å². The Morgan fingerprint density at radius 3 is 1.80 bits per heavy atom. The van der Waals surface area contributed by atoms with Gasteiger partial charge in [0.2, 0.25) is 0 Å². The number of nitrogens with one attached hydrogen (secondary N) is 1. The van der Waals surface area contributed by atoms with Crippen LogP contribution in [0.2, 0.25) is 1.41 Å². The molecule has 0 aliphatic carbocycles. The fraction of sp³-hybridized carbons (Fsp3) is 0. The van der Waals surface area contributed by atoms with E-state index in [0.717, 1.165) is 0 Å². The van der Waals surface area contributed by atoms with Gasteiger partial charge in [0, 0.05) is 0 Å². The van der Waals surface area contributed by atoms with Crippen LogP contribution in [-0.2, 0) is 9.47 Å². The molecule has 0 aliphatic heterocycles. The van der Waals surface area contributed by atoms with Crippen LogP contribution in [-0.4, -0.2) is 0 Å². The molecule has 0 aliphatic rings. The van der Waals surface area contributed by atoms with Gasteiger partial charge in [-0.2, -0.15) is 0 Å². The van der Waals surface area contributed by atoms with Crippen molar-refractivity contribution in [3.05, 3.63) is 3.94 Å². The third-order valence-electron chi connectivity index (χ3n) is 0. The fourth-order valence-corrected chi connectivity index (χ4v) is 0. The van der Waals surface area contributed by atoms with E-state index in [1.165, 1.54) is 0 Å². The van der Waals surface area contributed by atoms with Crippen molar-refractivity contribution in [1.29, 1.82) is 0 Å². The van der Waals surface area contributed by atoms with E-state index in [1.54, 1.807) is 22.9 Å². The molecule has 0 aromatic heterocycles. The minimum absolute atomic E-state index is 0.628. The fourth-order valence-electron chi connectivity index (χ4n) is 0. The zero-order valence-electron chi connectivity index (χ0n) is 3.03. The predicted octanol–water partition coefficient (Wildman–Crippen LogP) is 3.16. The Kier molecular flexibility index (Phi) is 24.6. The summed E-state index contributed by atoms with van der Waals surface area (Å²) in [6.07, 6.45) is 0. The molecule has 0 fully saturated rings. The van der Waals surface area contributed by atoms with Crippen LogP contribution >= 0.6 is 62.8 Å². The average molecular weight is 449 g/mol. The summed E-state index contributed by atoms with van der Waals surface area (Å²) in [6, 6.07) is 0. The molecule has 5 heavy (non-hydrogen) atoms. The summed E-state index contributed by atoms with van der Waals surface area (Å²) in [5.74, 6) is 0. The van der Waals surface area contributed by atoms with Crippen LogP contribution in [0.15, 0.2) is 0 Å². The summed E-state index contributed by atoms with van der Waals surface area (Å²) in [4.78, 5) is 0. The van der Waals surface area contributed by atoms with Crippen LogP contribution in [0.4, 0.5) is 0 Å². The van der Waals surface area contributed by atoms with Gasteiger partial charge in [-0.15, -0.1) is 1.41 Å². The summed E-state index contributed by atoms with van der Waals surface area (Å²) in [5, 5.41) is 0. The molecule has 0 unspecified atom stereocenters. The maximum atomic E-state index is 5.82. The number of hydrogen-bond acceptors (Lipinski definition) is 0. The van der Waals surface area contributed by atoms with Crippen LogP contribution in [0.25, 0.3) is 3.94 Å². The van der Waals surface area contributed by atoms with Gasteiger partial charge in [0.25, 0.3) is 0 Å². The Balaban J connectivity index is 0. The molecule has 0 heterocycles. The summed E-state index contributed by atoms with van der Waals surface area (Å²) in [5.41, 5.74) is 0. The molecule has 0 radical (unpaired) electrons. The zero-order chi connectivity index (χ0) is 5.41. The van der Waals surface area contributed by atoms with E-state index >= 15 is 0 Å². The van der Waals surface area contributed by atoms with Gasteiger partial charge in [-0.25, -0.2) is 22.9 Å². The number of rotatable bonds is 0. The second kappa shape index (κ2) is 15.9. The third-order valence-corrected chi connectivity index (χ3v) is 0. The van der Waals surface area contributed by atoms with E-state index in [2.05, 4.69) is 43.9 Å². The van der Waals surface area contributed by atoms with E-state index in [1.807, 2.05) is 0 Å². The number of halogens is 3. The molecule has 1 N–H and O–H groups in total. The molecule has 5 heteroatoms. The van der Waals surface area contributed by atoms with Crippen molar-refractivity contribution < 1.29 is 10.9 Å². The van der Waals surface area contributed by atoms with Crippen LogP contribution in [0.3, 0.4) is 0 Å². The van der Waals surface area contributed by atoms with Gasteiger partial charge < -0.3 is 3.94 Å². The van der Waals surface area contributed by atoms with Crippen molar-refractivity contribution in [3.8, 4) is 0 Å². The predicted molar refractivity (Wildman–Crippen MR) is 46.4 cm³/mol. The first-order valence-corrected chi connectivity index (χ1v) is 10.5. The van der Waals surface area contributed by atoms with E-state index in [9.17, 15) is 0 Å². The van der Waals surface area contributed by atoms with Gasteiger partial charge in [0.15, 0.2) is 0 Å². The quantitative estimate of drug-likeness (QED) is 0.509. The second-order valence-corrected chi connectivity index (χ2v) is 11.9. The Hall–Kier alpha value is 2.73. The summed E-state index contributed by atoms with van der Waals surface area (Å²) >= 11 is 6.32. The van der Waals surface area contributed by atoms with Crippen LogP contribution in [0.5, 0.6) is 0 Å². The first-order chi connectivity index (χ1) is 2.83. The van der Waals surface area contributed by atoms with E-state index in [0.29, 0.717) is 9.47 Å². The van der Waals surface area contributed by atoms with Gasteiger partial charge >= 0.3 is 49.4 Å². The van der Waals surface area contributed by atoms with Crippen molar-refractivity contribution in [1.82, 2.24) is 0 Å². The molecule has 0 rings (SSSR count). The van der Waals surface area contributed by atoms with Crippen LogP contribution < -0.4 is 0 Å². The van der Waals surface area contributed by atoms with Gasteiger partial charge in [-0.05, 0) is 0 Å². The van der Waals surface area contributed by atoms with E-state index < -0.39 is 0 Å². The maximum absolute atomic E-state index is 5.82. The molecule has 33 valence electrons. The van der Waals surface area contributed by atoms with Crippen molar-refractivity contribution in [3.63, 3.8) is 0 Å². The zero-order valence-corrected chi connectivity index (χ0v) is 9.90. The molecule has 0 saturated heterocycles. The molecule has 0 spiro atoms. The Morgan fingerprint density at radius 1 is 1.80 bits per heavy atom.